The monoisotopic (exact) mass is 368 g/mol. The smallest absolute Gasteiger partial charge is 0.393 e. The van der Waals surface area contributed by atoms with E-state index in [-0.39, 0.29) is 17.0 Å². The number of rotatable bonds is 2. The van der Waals surface area contributed by atoms with Gasteiger partial charge in [-0.2, -0.15) is 13.2 Å². The van der Waals surface area contributed by atoms with E-state index in [2.05, 4.69) is 4.98 Å². The minimum absolute atomic E-state index is 0.0363. The lowest BCUT2D eigenvalue weighted by molar-refractivity contribution is -0.137. The van der Waals surface area contributed by atoms with Gasteiger partial charge in [0.1, 0.15) is 5.56 Å². The largest absolute Gasteiger partial charge is 0.416 e. The van der Waals surface area contributed by atoms with Crippen LogP contribution >= 0.6 is 0 Å². The Bertz CT molecular complexity index is 881. The fraction of sp³-hybridized carbons (Fsp3) is 0.444. The molecule has 1 fully saturated rings. The molecule has 1 aliphatic heterocycles. The lowest BCUT2D eigenvalue weighted by atomic mass is 9.92. The molecule has 0 unspecified atom stereocenters. The van der Waals surface area contributed by atoms with Gasteiger partial charge in [0.2, 0.25) is 0 Å². The van der Waals surface area contributed by atoms with Crippen molar-refractivity contribution in [3.05, 3.63) is 45.7 Å². The van der Waals surface area contributed by atoms with Crippen LogP contribution in [0.4, 0.5) is 13.2 Å². The van der Waals surface area contributed by atoms with Crippen molar-refractivity contribution in [3.63, 3.8) is 0 Å². The molecular weight excluding hydrogens is 349 g/mol. The van der Waals surface area contributed by atoms with Crippen molar-refractivity contribution in [1.29, 1.82) is 0 Å². The zero-order valence-electron chi connectivity index (χ0n) is 14.1. The quantitative estimate of drug-likeness (QED) is 0.856. The first kappa shape index (κ1) is 18.4. The molecule has 26 heavy (non-hydrogen) atoms. The highest BCUT2D eigenvalue weighted by Crippen LogP contribution is 2.31. The number of carbonyl (C=O) groups excluding carboxylic acids is 1. The van der Waals surface area contributed by atoms with Crippen LogP contribution in [-0.2, 0) is 6.18 Å². The van der Waals surface area contributed by atoms with Gasteiger partial charge in [-0.25, -0.2) is 0 Å². The number of amides is 1. The van der Waals surface area contributed by atoms with Crippen LogP contribution in [0.3, 0.4) is 0 Å². The second-order valence-corrected chi connectivity index (χ2v) is 6.68. The number of piperidine rings is 1. The Balaban J connectivity index is 1.88. The van der Waals surface area contributed by atoms with E-state index in [1.54, 1.807) is 11.8 Å². The number of hydrogen-bond acceptors (Lipinski definition) is 3. The van der Waals surface area contributed by atoms with Gasteiger partial charge in [0.25, 0.3) is 11.5 Å². The van der Waals surface area contributed by atoms with Gasteiger partial charge in [-0.1, -0.05) is 6.07 Å². The van der Waals surface area contributed by atoms with E-state index in [1.165, 1.54) is 12.1 Å². The van der Waals surface area contributed by atoms with Crippen LogP contribution < -0.4 is 5.56 Å². The molecule has 0 radical (unpaired) electrons. The van der Waals surface area contributed by atoms with E-state index in [4.69, 9.17) is 0 Å². The third-order valence-electron chi connectivity index (χ3n) is 4.91. The number of likely N-dealkylation sites (tertiary alicyclic amines) is 1. The standard InChI is InChI=1S/C18H19F3N2O3/c1-10(24)11-4-6-23(7-5-11)17(26)14-8-12-2-3-13(18(19,20)21)9-15(12)22-16(14)25/h2-3,8-11,24H,4-7H2,1H3,(H,22,25)/t10-/m0/s1. The number of carbonyl (C=O) groups is 1. The predicted molar refractivity (Wildman–Crippen MR) is 89.9 cm³/mol. The Labute approximate surface area is 147 Å². The van der Waals surface area contributed by atoms with Gasteiger partial charge in [-0.15, -0.1) is 0 Å². The van der Waals surface area contributed by atoms with Crippen LogP contribution in [-0.4, -0.2) is 40.1 Å². The maximum atomic E-state index is 12.8. The molecule has 0 bridgehead atoms. The third-order valence-corrected chi connectivity index (χ3v) is 4.91. The molecule has 5 nitrogen and oxygen atoms in total. The van der Waals surface area contributed by atoms with Crippen LogP contribution in [0.2, 0.25) is 0 Å². The number of aromatic amines is 1. The highest BCUT2D eigenvalue weighted by Gasteiger charge is 2.31. The Morgan fingerprint density at radius 2 is 1.92 bits per heavy atom. The number of halogens is 3. The summed E-state index contributed by atoms with van der Waals surface area (Å²) in [6.45, 7) is 2.57. The molecule has 0 aliphatic carbocycles. The van der Waals surface area contributed by atoms with Crippen molar-refractivity contribution in [2.45, 2.75) is 32.0 Å². The summed E-state index contributed by atoms with van der Waals surface area (Å²) in [5.41, 5.74) is -1.62. The molecule has 0 spiro atoms. The normalized spacial score (nSPS) is 17.5. The number of fused-ring (bicyclic) bond motifs is 1. The van der Waals surface area contributed by atoms with Gasteiger partial charge in [-0.3, -0.25) is 9.59 Å². The van der Waals surface area contributed by atoms with Crippen molar-refractivity contribution >= 4 is 16.8 Å². The summed E-state index contributed by atoms with van der Waals surface area (Å²) in [6, 6.07) is 4.35. The number of nitrogens with zero attached hydrogens (tertiary/aromatic N) is 1. The predicted octanol–water partition coefficient (Wildman–Crippen LogP) is 2.78. The maximum Gasteiger partial charge on any atom is 0.416 e. The molecule has 1 aromatic heterocycles. The summed E-state index contributed by atoms with van der Waals surface area (Å²) in [7, 11) is 0. The molecule has 1 amide bonds. The number of benzene rings is 1. The summed E-state index contributed by atoms with van der Waals surface area (Å²) in [6.07, 6.45) is -3.67. The van der Waals surface area contributed by atoms with Gasteiger partial charge in [0.15, 0.2) is 0 Å². The first-order valence-electron chi connectivity index (χ1n) is 8.38. The van der Waals surface area contributed by atoms with Gasteiger partial charge in [0, 0.05) is 18.6 Å². The summed E-state index contributed by atoms with van der Waals surface area (Å²) in [5.74, 6) is -0.327. The van der Waals surface area contributed by atoms with Crippen LogP contribution in [0.25, 0.3) is 10.9 Å². The van der Waals surface area contributed by atoms with E-state index >= 15 is 0 Å². The topological polar surface area (TPSA) is 73.4 Å². The zero-order chi connectivity index (χ0) is 19.1. The molecule has 3 rings (SSSR count). The second kappa shape index (κ2) is 6.75. The molecular formula is C18H19F3N2O3. The average molecular weight is 368 g/mol. The van der Waals surface area contributed by atoms with Crippen molar-refractivity contribution in [1.82, 2.24) is 9.88 Å². The maximum absolute atomic E-state index is 12.8. The summed E-state index contributed by atoms with van der Waals surface area (Å²) in [5, 5.41) is 9.98. The Kier molecular flexibility index (Phi) is 4.79. The number of H-pyrrole nitrogens is 1. The number of pyridine rings is 1. The first-order chi connectivity index (χ1) is 12.2. The number of aliphatic hydroxyl groups excluding tert-OH is 1. The summed E-state index contributed by atoms with van der Waals surface area (Å²) >= 11 is 0. The molecule has 2 aromatic rings. The lowest BCUT2D eigenvalue weighted by Crippen LogP contribution is -2.42. The van der Waals surface area contributed by atoms with Crippen molar-refractivity contribution in [3.8, 4) is 0 Å². The average Bonchev–Trinajstić information content (AvgIpc) is 2.59. The molecule has 140 valence electrons. The summed E-state index contributed by atoms with van der Waals surface area (Å²) in [4.78, 5) is 28.8. The SMILES string of the molecule is C[C@H](O)C1CCN(C(=O)c2cc3ccc(C(F)(F)F)cc3[nH]c2=O)CC1. The minimum atomic E-state index is -4.51. The number of hydrogen-bond donors (Lipinski definition) is 2. The molecule has 2 N–H and O–H groups in total. The van der Waals surface area contributed by atoms with Gasteiger partial charge >= 0.3 is 6.18 Å². The lowest BCUT2D eigenvalue weighted by Gasteiger charge is -2.33. The van der Waals surface area contributed by atoms with E-state index in [0.29, 0.717) is 31.3 Å². The number of alkyl halides is 3. The van der Waals surface area contributed by atoms with Crippen LogP contribution in [0, 0.1) is 5.92 Å². The van der Waals surface area contributed by atoms with E-state index in [1.807, 2.05) is 0 Å². The molecule has 0 saturated carbocycles. The van der Waals surface area contributed by atoms with Crippen LogP contribution in [0.15, 0.2) is 29.1 Å². The van der Waals surface area contributed by atoms with Crippen LogP contribution in [0.1, 0.15) is 35.7 Å². The van der Waals surface area contributed by atoms with E-state index in [9.17, 15) is 27.9 Å². The van der Waals surface area contributed by atoms with E-state index < -0.39 is 29.3 Å². The minimum Gasteiger partial charge on any atom is -0.393 e. The highest BCUT2D eigenvalue weighted by molar-refractivity contribution is 5.97. The van der Waals surface area contributed by atoms with E-state index in [0.717, 1.165) is 12.1 Å². The van der Waals surface area contributed by atoms with Gasteiger partial charge in [0.05, 0.1) is 11.7 Å². The molecule has 1 aliphatic rings. The third kappa shape index (κ3) is 3.60. The molecule has 8 heteroatoms. The Hall–Kier alpha value is -2.35. The van der Waals surface area contributed by atoms with Crippen LogP contribution in [0.5, 0.6) is 0 Å². The van der Waals surface area contributed by atoms with Crippen molar-refractivity contribution in [2.24, 2.45) is 5.92 Å². The molecule has 1 atom stereocenters. The van der Waals surface area contributed by atoms with Crippen molar-refractivity contribution in [2.75, 3.05) is 13.1 Å². The van der Waals surface area contributed by atoms with Crippen molar-refractivity contribution < 1.29 is 23.1 Å². The summed E-state index contributed by atoms with van der Waals surface area (Å²) < 4.78 is 38.4. The number of nitrogens with one attached hydrogen (secondary N) is 1. The molecule has 2 heterocycles. The van der Waals surface area contributed by atoms with Gasteiger partial charge < -0.3 is 15.0 Å². The fourth-order valence-corrected chi connectivity index (χ4v) is 3.29. The number of aliphatic hydroxyl groups is 1. The van der Waals surface area contributed by atoms with Gasteiger partial charge in [-0.05, 0) is 49.3 Å². The second-order valence-electron chi connectivity index (χ2n) is 6.68. The molecule has 1 saturated heterocycles. The molecule has 1 aromatic carbocycles. The zero-order valence-corrected chi connectivity index (χ0v) is 14.1. The highest BCUT2D eigenvalue weighted by atomic mass is 19.4. The fourth-order valence-electron chi connectivity index (χ4n) is 3.29. The Morgan fingerprint density at radius 3 is 2.50 bits per heavy atom. The number of aromatic nitrogens is 1. The Morgan fingerprint density at radius 1 is 1.27 bits per heavy atom. The first-order valence-corrected chi connectivity index (χ1v) is 8.38.